The van der Waals surface area contributed by atoms with Crippen molar-refractivity contribution in [2.75, 3.05) is 5.32 Å². The molecular formula is C20H19F3N8O. The Morgan fingerprint density at radius 1 is 1.09 bits per heavy atom. The second-order valence-corrected chi connectivity index (χ2v) is 7.98. The first kappa shape index (κ1) is 20.3. The van der Waals surface area contributed by atoms with Gasteiger partial charge >= 0.3 is 6.18 Å². The smallest absolute Gasteiger partial charge is 0.364 e. The van der Waals surface area contributed by atoms with Crippen molar-refractivity contribution in [1.29, 1.82) is 0 Å². The Morgan fingerprint density at radius 3 is 2.56 bits per heavy atom. The van der Waals surface area contributed by atoms with E-state index in [2.05, 4.69) is 30.5 Å². The highest BCUT2D eigenvalue weighted by Crippen LogP contribution is 2.40. The predicted octanol–water partition coefficient (Wildman–Crippen LogP) is 2.64. The number of rotatable bonds is 4. The number of aromatic nitrogens is 6. The van der Waals surface area contributed by atoms with Crippen LogP contribution in [-0.4, -0.2) is 58.9 Å². The molecule has 5 rings (SSSR count). The zero-order chi connectivity index (χ0) is 22.5. The molecule has 166 valence electrons. The minimum absolute atomic E-state index is 0.0198. The van der Waals surface area contributed by atoms with Gasteiger partial charge in [0.25, 0.3) is 5.91 Å². The first-order valence-corrected chi connectivity index (χ1v) is 10.1. The number of aryl methyl sites for hydroxylation is 1. The molecule has 2 saturated heterocycles. The molecule has 1 amide bonds. The molecule has 0 radical (unpaired) electrons. The maximum Gasteiger partial charge on any atom is 0.434 e. The molecule has 2 aliphatic heterocycles. The van der Waals surface area contributed by atoms with Crippen LogP contribution in [-0.2, 0) is 6.18 Å². The van der Waals surface area contributed by atoms with Gasteiger partial charge in [-0.25, -0.2) is 15.0 Å². The SMILES string of the molecule is Cc1cnc(-n2nccn2)c(C(=O)N2C3CCC2C(Nc2cnc(C(F)(F)F)cn2)C3)c1. The number of hydrogen-bond acceptors (Lipinski definition) is 7. The number of hydrogen-bond donors (Lipinski definition) is 1. The molecule has 12 heteroatoms. The van der Waals surface area contributed by atoms with E-state index in [0.29, 0.717) is 24.0 Å². The number of nitrogens with zero attached hydrogens (tertiary/aromatic N) is 7. The number of anilines is 1. The van der Waals surface area contributed by atoms with Gasteiger partial charge in [0.05, 0.1) is 42.4 Å². The summed E-state index contributed by atoms with van der Waals surface area (Å²) in [6.07, 6.45) is 4.26. The van der Waals surface area contributed by atoms with Gasteiger partial charge in [0.15, 0.2) is 11.5 Å². The van der Waals surface area contributed by atoms with Gasteiger partial charge in [-0.2, -0.15) is 23.4 Å². The Morgan fingerprint density at radius 2 is 1.88 bits per heavy atom. The fourth-order valence-corrected chi connectivity index (χ4v) is 4.54. The van der Waals surface area contributed by atoms with Crippen molar-refractivity contribution in [2.24, 2.45) is 0 Å². The van der Waals surface area contributed by atoms with E-state index in [-0.39, 0.29) is 29.9 Å². The van der Waals surface area contributed by atoms with Crippen molar-refractivity contribution in [1.82, 2.24) is 34.8 Å². The van der Waals surface area contributed by atoms with Gasteiger partial charge in [-0.3, -0.25) is 4.79 Å². The van der Waals surface area contributed by atoms with Gasteiger partial charge in [-0.1, -0.05) is 0 Å². The van der Waals surface area contributed by atoms with Crippen molar-refractivity contribution in [3.63, 3.8) is 0 Å². The number of amides is 1. The molecule has 0 spiro atoms. The summed E-state index contributed by atoms with van der Waals surface area (Å²) in [4.78, 5) is 28.4. The summed E-state index contributed by atoms with van der Waals surface area (Å²) in [5.41, 5.74) is 0.207. The fourth-order valence-electron chi connectivity index (χ4n) is 4.54. The van der Waals surface area contributed by atoms with Crippen molar-refractivity contribution in [3.05, 3.63) is 53.9 Å². The Hall–Kier alpha value is -3.57. The van der Waals surface area contributed by atoms with Crippen LogP contribution in [0.2, 0.25) is 0 Å². The first-order valence-electron chi connectivity index (χ1n) is 10.1. The van der Waals surface area contributed by atoms with Crippen LogP contribution in [0.3, 0.4) is 0 Å². The van der Waals surface area contributed by atoms with Gasteiger partial charge in [-0.05, 0) is 37.8 Å². The summed E-state index contributed by atoms with van der Waals surface area (Å²) in [5.74, 6) is 0.445. The summed E-state index contributed by atoms with van der Waals surface area (Å²) < 4.78 is 38.2. The van der Waals surface area contributed by atoms with Crippen molar-refractivity contribution in [3.8, 4) is 5.82 Å². The Labute approximate surface area is 180 Å². The lowest BCUT2D eigenvalue weighted by molar-refractivity contribution is -0.141. The summed E-state index contributed by atoms with van der Waals surface area (Å²) in [7, 11) is 0. The molecule has 2 aliphatic rings. The predicted molar refractivity (Wildman–Crippen MR) is 106 cm³/mol. The highest BCUT2D eigenvalue weighted by atomic mass is 19.4. The number of nitrogens with one attached hydrogen (secondary N) is 1. The second-order valence-electron chi connectivity index (χ2n) is 7.98. The molecule has 9 nitrogen and oxygen atoms in total. The van der Waals surface area contributed by atoms with E-state index in [9.17, 15) is 18.0 Å². The van der Waals surface area contributed by atoms with Crippen molar-refractivity contribution in [2.45, 2.75) is 50.5 Å². The maximum atomic E-state index is 13.6. The zero-order valence-corrected chi connectivity index (χ0v) is 17.0. The van der Waals surface area contributed by atoms with Crippen LogP contribution in [0, 0.1) is 6.92 Å². The van der Waals surface area contributed by atoms with Gasteiger partial charge in [0.1, 0.15) is 5.82 Å². The van der Waals surface area contributed by atoms with Gasteiger partial charge in [0.2, 0.25) is 0 Å². The highest BCUT2D eigenvalue weighted by Gasteiger charge is 2.49. The van der Waals surface area contributed by atoms with Gasteiger partial charge in [0, 0.05) is 12.2 Å². The largest absolute Gasteiger partial charge is 0.434 e. The molecule has 2 fully saturated rings. The zero-order valence-electron chi connectivity index (χ0n) is 17.0. The Balaban J connectivity index is 1.38. The minimum atomic E-state index is -4.54. The number of halogens is 3. The average Bonchev–Trinajstić information content (AvgIpc) is 3.49. The maximum absolute atomic E-state index is 13.6. The van der Waals surface area contributed by atoms with Crippen LogP contribution in [0.5, 0.6) is 0 Å². The Kier molecular flexibility index (Phi) is 4.79. The van der Waals surface area contributed by atoms with Crippen LogP contribution in [0.25, 0.3) is 5.82 Å². The highest BCUT2D eigenvalue weighted by molar-refractivity contribution is 5.98. The lowest BCUT2D eigenvalue weighted by atomic mass is 9.95. The number of carbonyl (C=O) groups is 1. The molecule has 0 aromatic carbocycles. The topological polar surface area (TPSA) is 102 Å². The van der Waals surface area contributed by atoms with Crippen LogP contribution in [0.1, 0.15) is 40.9 Å². The van der Waals surface area contributed by atoms with E-state index in [0.717, 1.165) is 24.6 Å². The van der Waals surface area contributed by atoms with Crippen LogP contribution in [0.4, 0.5) is 19.0 Å². The third-order valence-corrected chi connectivity index (χ3v) is 5.89. The lowest BCUT2D eigenvalue weighted by Gasteiger charge is -2.26. The molecule has 0 saturated carbocycles. The van der Waals surface area contributed by atoms with E-state index in [1.54, 1.807) is 12.3 Å². The quantitative estimate of drug-likeness (QED) is 0.660. The van der Waals surface area contributed by atoms with E-state index in [1.165, 1.54) is 17.2 Å². The number of carbonyl (C=O) groups excluding carboxylic acids is 1. The van der Waals surface area contributed by atoms with Crippen LogP contribution >= 0.6 is 0 Å². The summed E-state index contributed by atoms with van der Waals surface area (Å²) in [6, 6.07) is 1.55. The third-order valence-electron chi connectivity index (χ3n) is 5.89. The fraction of sp³-hybridized carbons (Fsp3) is 0.400. The number of fused-ring (bicyclic) bond motifs is 2. The summed E-state index contributed by atoms with van der Waals surface area (Å²) >= 11 is 0. The van der Waals surface area contributed by atoms with E-state index >= 15 is 0 Å². The van der Waals surface area contributed by atoms with E-state index < -0.39 is 11.9 Å². The van der Waals surface area contributed by atoms with Crippen LogP contribution in [0.15, 0.2) is 37.1 Å². The third kappa shape index (κ3) is 3.55. The lowest BCUT2D eigenvalue weighted by Crippen LogP contribution is -2.40. The van der Waals surface area contributed by atoms with Crippen LogP contribution < -0.4 is 5.32 Å². The normalized spacial score (nSPS) is 22.4. The monoisotopic (exact) mass is 444 g/mol. The van der Waals surface area contributed by atoms with Crippen molar-refractivity contribution >= 4 is 11.7 Å². The standard InChI is InChI=1S/C20H19F3N8O/c1-11-6-13(18(26-8-11)31-27-4-5-28-31)19(32)30-12-2-3-15(30)14(7-12)29-17-10-24-16(9-25-17)20(21,22)23/h4-6,8-10,12,14-15H,2-3,7H2,1H3,(H,25,29). The molecule has 32 heavy (non-hydrogen) atoms. The Bertz CT molecular complexity index is 1130. The van der Waals surface area contributed by atoms with E-state index in [1.807, 2.05) is 11.8 Å². The molecule has 5 heterocycles. The molecule has 1 N–H and O–H groups in total. The average molecular weight is 444 g/mol. The molecule has 3 aromatic heterocycles. The molecular weight excluding hydrogens is 425 g/mol. The number of alkyl halides is 3. The van der Waals surface area contributed by atoms with E-state index in [4.69, 9.17) is 0 Å². The number of pyridine rings is 1. The molecule has 0 aliphatic carbocycles. The minimum Gasteiger partial charge on any atom is -0.364 e. The van der Waals surface area contributed by atoms with Gasteiger partial charge in [-0.15, -0.1) is 4.80 Å². The molecule has 3 aromatic rings. The summed E-state index contributed by atoms with van der Waals surface area (Å²) in [6.45, 7) is 1.86. The molecule has 3 atom stereocenters. The molecule has 3 unspecified atom stereocenters. The second kappa shape index (κ2) is 7.53. The first-order chi connectivity index (χ1) is 15.3. The van der Waals surface area contributed by atoms with Crippen molar-refractivity contribution < 1.29 is 18.0 Å². The molecule has 2 bridgehead atoms. The van der Waals surface area contributed by atoms with Gasteiger partial charge < -0.3 is 10.2 Å². The summed E-state index contributed by atoms with van der Waals surface area (Å²) in [5, 5.41) is 11.4.